The molecule has 0 atom stereocenters. The first kappa shape index (κ1) is 17.9. The highest BCUT2D eigenvalue weighted by Crippen LogP contribution is 2.21. The van der Waals surface area contributed by atoms with Crippen molar-refractivity contribution in [1.29, 1.82) is 0 Å². The fourth-order valence-electron chi connectivity index (χ4n) is 2.54. The normalized spacial score (nSPS) is 11.3. The molecule has 3 aromatic rings. The van der Waals surface area contributed by atoms with Gasteiger partial charge in [0.05, 0.1) is 0 Å². The first-order chi connectivity index (χ1) is 12.3. The molecule has 2 N–H and O–H groups in total. The van der Waals surface area contributed by atoms with Gasteiger partial charge in [-0.1, -0.05) is 35.0 Å². The molecule has 0 radical (unpaired) electrons. The van der Waals surface area contributed by atoms with Crippen LogP contribution in [0.2, 0.25) is 0 Å². The second-order valence-electron chi connectivity index (χ2n) is 5.91. The van der Waals surface area contributed by atoms with E-state index in [2.05, 4.69) is 31.5 Å². The molecule has 0 saturated heterocycles. The SMILES string of the molecule is Cc1cccc(CNc2ccc(NS(=O)(=O)c3c(C)noc3C)nn2)c1. The molecular weight excluding hydrogens is 354 g/mol. The molecule has 0 spiro atoms. The molecule has 9 heteroatoms. The molecule has 26 heavy (non-hydrogen) atoms. The number of aromatic nitrogens is 3. The van der Waals surface area contributed by atoms with Crippen LogP contribution in [0.15, 0.2) is 45.8 Å². The Balaban J connectivity index is 1.68. The van der Waals surface area contributed by atoms with Crippen LogP contribution in [-0.4, -0.2) is 23.8 Å². The monoisotopic (exact) mass is 373 g/mol. The Morgan fingerprint density at radius 2 is 1.77 bits per heavy atom. The van der Waals surface area contributed by atoms with Crippen LogP contribution in [-0.2, 0) is 16.6 Å². The summed E-state index contributed by atoms with van der Waals surface area (Å²) in [6, 6.07) is 11.3. The predicted molar refractivity (Wildman–Crippen MR) is 97.3 cm³/mol. The number of nitrogens with one attached hydrogen (secondary N) is 2. The second kappa shape index (κ2) is 7.12. The molecule has 0 aliphatic rings. The Morgan fingerprint density at radius 3 is 2.38 bits per heavy atom. The molecule has 0 aliphatic heterocycles. The van der Waals surface area contributed by atoms with Gasteiger partial charge in [-0.2, -0.15) is 0 Å². The minimum atomic E-state index is -3.83. The van der Waals surface area contributed by atoms with E-state index >= 15 is 0 Å². The highest BCUT2D eigenvalue weighted by molar-refractivity contribution is 7.92. The minimum absolute atomic E-state index is 0.0148. The van der Waals surface area contributed by atoms with Crippen LogP contribution in [0.1, 0.15) is 22.6 Å². The van der Waals surface area contributed by atoms with Gasteiger partial charge in [0.15, 0.2) is 16.5 Å². The van der Waals surface area contributed by atoms with Crippen LogP contribution < -0.4 is 10.0 Å². The summed E-state index contributed by atoms with van der Waals surface area (Å²) < 4.78 is 32.2. The third kappa shape index (κ3) is 3.99. The Labute approximate surface area is 151 Å². The minimum Gasteiger partial charge on any atom is -0.365 e. The molecule has 3 rings (SSSR count). The Morgan fingerprint density at radius 1 is 1.04 bits per heavy atom. The number of nitrogens with zero attached hydrogens (tertiary/aromatic N) is 3. The summed E-state index contributed by atoms with van der Waals surface area (Å²) in [4.78, 5) is 0.0148. The summed E-state index contributed by atoms with van der Waals surface area (Å²) in [6.45, 7) is 5.73. The molecule has 1 aromatic carbocycles. The van der Waals surface area contributed by atoms with Crippen molar-refractivity contribution in [2.45, 2.75) is 32.2 Å². The third-order valence-corrected chi connectivity index (χ3v) is 5.29. The Bertz CT molecular complexity index is 994. The molecule has 0 bridgehead atoms. The molecule has 0 amide bonds. The first-order valence-corrected chi connectivity index (χ1v) is 9.42. The fourth-order valence-corrected chi connectivity index (χ4v) is 3.87. The molecule has 136 valence electrons. The molecule has 2 aromatic heterocycles. The standard InChI is InChI=1S/C17H19N5O3S/c1-11-5-4-6-14(9-11)10-18-15-7-8-16(20-19-15)22-26(23,24)17-12(2)21-25-13(17)3/h4-9H,10H2,1-3H3,(H,18,19)(H,20,22). The van der Waals surface area contributed by atoms with Crippen molar-refractivity contribution in [3.8, 4) is 0 Å². The number of hydrogen-bond donors (Lipinski definition) is 2. The molecule has 2 heterocycles. The van der Waals surface area contributed by atoms with Crippen LogP contribution in [0.4, 0.5) is 11.6 Å². The number of benzene rings is 1. The van der Waals surface area contributed by atoms with Crippen molar-refractivity contribution in [2.24, 2.45) is 0 Å². The van der Waals surface area contributed by atoms with Gasteiger partial charge in [-0.05, 0) is 38.5 Å². The lowest BCUT2D eigenvalue weighted by Crippen LogP contribution is -2.16. The number of rotatable bonds is 6. The zero-order valence-electron chi connectivity index (χ0n) is 14.6. The van der Waals surface area contributed by atoms with Gasteiger partial charge in [-0.15, -0.1) is 10.2 Å². The zero-order valence-corrected chi connectivity index (χ0v) is 15.5. The smallest absolute Gasteiger partial charge is 0.268 e. The largest absolute Gasteiger partial charge is 0.365 e. The molecule has 0 fully saturated rings. The maximum atomic E-state index is 12.4. The van der Waals surface area contributed by atoms with Gasteiger partial charge < -0.3 is 9.84 Å². The van der Waals surface area contributed by atoms with Gasteiger partial charge in [0.2, 0.25) is 0 Å². The summed E-state index contributed by atoms with van der Waals surface area (Å²) in [7, 11) is -3.83. The number of aryl methyl sites for hydroxylation is 3. The van der Waals surface area contributed by atoms with Crippen molar-refractivity contribution in [3.63, 3.8) is 0 Å². The van der Waals surface area contributed by atoms with Gasteiger partial charge in [0, 0.05) is 6.54 Å². The van der Waals surface area contributed by atoms with Crippen molar-refractivity contribution in [3.05, 3.63) is 59.0 Å². The predicted octanol–water partition coefficient (Wildman–Crippen LogP) is 2.80. The summed E-state index contributed by atoms with van der Waals surface area (Å²) in [5, 5.41) is 14.7. The van der Waals surface area contributed by atoms with Crippen LogP contribution >= 0.6 is 0 Å². The van der Waals surface area contributed by atoms with E-state index in [4.69, 9.17) is 4.52 Å². The van der Waals surface area contributed by atoms with Gasteiger partial charge >= 0.3 is 0 Å². The lowest BCUT2D eigenvalue weighted by molar-refractivity contribution is 0.390. The van der Waals surface area contributed by atoms with E-state index in [9.17, 15) is 8.42 Å². The summed E-state index contributed by atoms with van der Waals surface area (Å²) in [6.07, 6.45) is 0. The Hall–Kier alpha value is -2.94. The van der Waals surface area contributed by atoms with Crippen LogP contribution in [0.25, 0.3) is 0 Å². The third-order valence-electron chi connectivity index (χ3n) is 3.70. The highest BCUT2D eigenvalue weighted by atomic mass is 32.2. The highest BCUT2D eigenvalue weighted by Gasteiger charge is 2.24. The zero-order chi connectivity index (χ0) is 18.7. The van der Waals surface area contributed by atoms with Crippen LogP contribution in [0, 0.1) is 20.8 Å². The van der Waals surface area contributed by atoms with E-state index in [1.807, 2.05) is 25.1 Å². The average Bonchev–Trinajstić information content (AvgIpc) is 2.93. The molecule has 0 unspecified atom stereocenters. The molecular formula is C17H19N5O3S. The lowest BCUT2D eigenvalue weighted by atomic mass is 10.1. The maximum Gasteiger partial charge on any atom is 0.268 e. The van der Waals surface area contributed by atoms with E-state index in [0.717, 1.165) is 5.56 Å². The van der Waals surface area contributed by atoms with E-state index in [1.54, 1.807) is 26.0 Å². The summed E-state index contributed by atoms with van der Waals surface area (Å²) in [5.41, 5.74) is 2.59. The van der Waals surface area contributed by atoms with Gasteiger partial charge in [0.25, 0.3) is 10.0 Å². The second-order valence-corrected chi connectivity index (χ2v) is 7.52. The molecule has 0 saturated carbocycles. The van der Waals surface area contributed by atoms with Crippen LogP contribution in [0.3, 0.4) is 0 Å². The summed E-state index contributed by atoms with van der Waals surface area (Å²) in [5.74, 6) is 0.886. The average molecular weight is 373 g/mol. The fraction of sp³-hybridized carbons (Fsp3) is 0.235. The van der Waals surface area contributed by atoms with E-state index in [0.29, 0.717) is 18.1 Å². The topological polar surface area (TPSA) is 110 Å². The number of hydrogen-bond acceptors (Lipinski definition) is 7. The molecule has 8 nitrogen and oxygen atoms in total. The van der Waals surface area contributed by atoms with E-state index in [-0.39, 0.29) is 16.5 Å². The quantitative estimate of drug-likeness (QED) is 0.683. The van der Waals surface area contributed by atoms with Crippen molar-refractivity contribution in [1.82, 2.24) is 15.4 Å². The molecule has 0 aliphatic carbocycles. The number of sulfonamides is 1. The van der Waals surface area contributed by atoms with Gasteiger partial charge in [0.1, 0.15) is 11.5 Å². The van der Waals surface area contributed by atoms with Gasteiger partial charge in [-0.25, -0.2) is 8.42 Å². The Kier molecular flexibility index (Phi) is 4.90. The van der Waals surface area contributed by atoms with Crippen LogP contribution in [0.5, 0.6) is 0 Å². The van der Waals surface area contributed by atoms with Crippen molar-refractivity contribution in [2.75, 3.05) is 10.0 Å². The maximum absolute atomic E-state index is 12.4. The lowest BCUT2D eigenvalue weighted by Gasteiger charge is -2.08. The van der Waals surface area contributed by atoms with Crippen molar-refractivity contribution < 1.29 is 12.9 Å². The first-order valence-electron chi connectivity index (χ1n) is 7.94. The van der Waals surface area contributed by atoms with E-state index in [1.165, 1.54) is 5.56 Å². The van der Waals surface area contributed by atoms with Crippen molar-refractivity contribution >= 4 is 21.7 Å². The van der Waals surface area contributed by atoms with E-state index < -0.39 is 10.0 Å². The number of anilines is 2. The summed E-state index contributed by atoms with van der Waals surface area (Å²) >= 11 is 0. The van der Waals surface area contributed by atoms with Gasteiger partial charge in [-0.3, -0.25) is 4.72 Å².